The summed E-state index contributed by atoms with van der Waals surface area (Å²) in [5.41, 5.74) is 3.69. The van der Waals surface area contributed by atoms with Crippen LogP contribution in [-0.4, -0.2) is 44.7 Å². The van der Waals surface area contributed by atoms with Gasteiger partial charge in [-0.3, -0.25) is 0 Å². The zero-order valence-corrected chi connectivity index (χ0v) is 21.0. The predicted octanol–water partition coefficient (Wildman–Crippen LogP) is 3.45. The second kappa shape index (κ2) is 10.00. The molecule has 0 amide bonds. The number of benzene rings is 3. The summed E-state index contributed by atoms with van der Waals surface area (Å²) in [6.45, 7) is 4.36. The van der Waals surface area contributed by atoms with Gasteiger partial charge in [0.2, 0.25) is 10.0 Å². The Hall–Kier alpha value is -2.52. The number of hydrogen-bond acceptors (Lipinski definition) is 5. The van der Waals surface area contributed by atoms with E-state index in [2.05, 4.69) is 5.32 Å². The van der Waals surface area contributed by atoms with Crippen molar-refractivity contribution < 1.29 is 16.8 Å². The minimum absolute atomic E-state index is 0.0970. The summed E-state index contributed by atoms with van der Waals surface area (Å²) >= 11 is 0. The summed E-state index contributed by atoms with van der Waals surface area (Å²) in [5, 5.41) is 3.33. The smallest absolute Gasteiger partial charge is 0.243 e. The Labute approximate surface area is 202 Å². The third-order valence-electron chi connectivity index (χ3n) is 6.37. The number of hydrogen-bond donors (Lipinski definition) is 1. The first-order valence-electron chi connectivity index (χ1n) is 11.3. The number of nitrogens with zero attached hydrogens (tertiary/aromatic N) is 1. The molecule has 1 aliphatic heterocycles. The van der Waals surface area contributed by atoms with Crippen LogP contribution >= 0.6 is 0 Å². The second-order valence-corrected chi connectivity index (χ2v) is 12.9. The zero-order valence-electron chi connectivity index (χ0n) is 19.4. The van der Waals surface area contributed by atoms with Gasteiger partial charge in [0, 0.05) is 19.1 Å². The van der Waals surface area contributed by atoms with Gasteiger partial charge in [-0.05, 0) is 48.2 Å². The van der Waals surface area contributed by atoms with Crippen LogP contribution < -0.4 is 5.32 Å². The maximum absolute atomic E-state index is 13.9. The monoisotopic (exact) mass is 498 g/mol. The lowest BCUT2D eigenvalue weighted by Gasteiger charge is -2.32. The molecule has 0 saturated carbocycles. The van der Waals surface area contributed by atoms with E-state index in [1.165, 1.54) is 4.31 Å². The molecule has 1 N–H and O–H groups in total. The Kier molecular flexibility index (Phi) is 7.23. The minimum Gasteiger partial charge on any atom is -0.307 e. The van der Waals surface area contributed by atoms with Crippen LogP contribution in [0.15, 0.2) is 83.8 Å². The Morgan fingerprint density at radius 3 is 2.09 bits per heavy atom. The SMILES string of the molecule is Cc1ccc(S(=O)(=O)N(Cc2ccccc2)[C@@H]2CS(=O)(=O)C[C@H]2NCc2ccccc2)cc1C. The average Bonchev–Trinajstić information content (AvgIpc) is 3.13. The number of aryl methyl sites for hydroxylation is 2. The fourth-order valence-electron chi connectivity index (χ4n) is 4.31. The van der Waals surface area contributed by atoms with Crippen molar-refractivity contribution in [2.75, 3.05) is 11.5 Å². The largest absolute Gasteiger partial charge is 0.307 e. The van der Waals surface area contributed by atoms with Crippen molar-refractivity contribution in [2.45, 2.75) is 43.9 Å². The lowest BCUT2D eigenvalue weighted by atomic mass is 10.1. The molecule has 180 valence electrons. The third kappa shape index (κ3) is 5.58. The molecule has 6 nitrogen and oxygen atoms in total. The molecule has 3 aromatic carbocycles. The van der Waals surface area contributed by atoms with Crippen molar-refractivity contribution in [2.24, 2.45) is 0 Å². The normalized spacial score (nSPS) is 20.0. The van der Waals surface area contributed by atoms with Crippen LogP contribution in [0.5, 0.6) is 0 Å². The molecule has 1 heterocycles. The topological polar surface area (TPSA) is 83.6 Å². The standard InChI is InChI=1S/C26H30N2O4S2/c1-20-13-14-24(15-21(20)2)34(31,32)28(17-23-11-7-4-8-12-23)26-19-33(29,30)18-25(26)27-16-22-9-5-3-6-10-22/h3-15,25-27H,16-19H2,1-2H3/t25-,26-/m1/s1. The van der Waals surface area contributed by atoms with Gasteiger partial charge in [-0.15, -0.1) is 0 Å². The molecule has 0 radical (unpaired) electrons. The second-order valence-electron chi connectivity index (χ2n) is 8.90. The van der Waals surface area contributed by atoms with Crippen LogP contribution in [0, 0.1) is 13.8 Å². The molecule has 0 spiro atoms. The molecule has 0 bridgehead atoms. The summed E-state index contributed by atoms with van der Waals surface area (Å²) in [5.74, 6) is -0.311. The molecule has 1 fully saturated rings. The van der Waals surface area contributed by atoms with E-state index in [-0.39, 0.29) is 22.9 Å². The number of sulfone groups is 1. The molecule has 8 heteroatoms. The van der Waals surface area contributed by atoms with Crippen molar-refractivity contribution in [1.82, 2.24) is 9.62 Å². The van der Waals surface area contributed by atoms with Gasteiger partial charge in [0.15, 0.2) is 9.84 Å². The van der Waals surface area contributed by atoms with E-state index in [1.54, 1.807) is 18.2 Å². The average molecular weight is 499 g/mol. The molecule has 1 saturated heterocycles. The summed E-state index contributed by atoms with van der Waals surface area (Å²) in [6, 6.07) is 22.8. The van der Waals surface area contributed by atoms with Crippen molar-refractivity contribution in [1.29, 1.82) is 0 Å². The molecule has 0 unspecified atom stereocenters. The summed E-state index contributed by atoms with van der Waals surface area (Å²) in [4.78, 5) is 0.178. The van der Waals surface area contributed by atoms with E-state index >= 15 is 0 Å². The fourth-order valence-corrected chi connectivity index (χ4v) is 8.09. The Morgan fingerprint density at radius 1 is 0.853 bits per heavy atom. The van der Waals surface area contributed by atoms with E-state index < -0.39 is 31.9 Å². The van der Waals surface area contributed by atoms with Crippen LogP contribution in [0.4, 0.5) is 0 Å². The van der Waals surface area contributed by atoms with Crippen LogP contribution in [0.25, 0.3) is 0 Å². The van der Waals surface area contributed by atoms with Gasteiger partial charge in [-0.2, -0.15) is 4.31 Å². The molecular weight excluding hydrogens is 468 g/mol. The molecule has 0 aromatic heterocycles. The molecule has 3 aromatic rings. The van der Waals surface area contributed by atoms with E-state index in [0.717, 1.165) is 22.3 Å². The maximum atomic E-state index is 13.9. The number of sulfonamides is 1. The van der Waals surface area contributed by atoms with Crippen LogP contribution in [0.3, 0.4) is 0 Å². The fraction of sp³-hybridized carbons (Fsp3) is 0.308. The minimum atomic E-state index is -3.96. The van der Waals surface area contributed by atoms with E-state index in [0.29, 0.717) is 6.54 Å². The van der Waals surface area contributed by atoms with Gasteiger partial charge in [-0.1, -0.05) is 66.7 Å². The molecule has 1 aliphatic rings. The zero-order chi connectivity index (χ0) is 24.3. The van der Waals surface area contributed by atoms with Gasteiger partial charge >= 0.3 is 0 Å². The third-order valence-corrected chi connectivity index (χ3v) is 9.95. The van der Waals surface area contributed by atoms with Crippen molar-refractivity contribution in [3.05, 3.63) is 101 Å². The summed E-state index contributed by atoms with van der Waals surface area (Å²) < 4.78 is 54.7. The lowest BCUT2D eigenvalue weighted by molar-refractivity contribution is 0.286. The number of nitrogens with one attached hydrogen (secondary N) is 1. The maximum Gasteiger partial charge on any atom is 0.243 e. The first kappa shape index (κ1) is 24.6. The molecule has 2 atom stereocenters. The highest BCUT2D eigenvalue weighted by Crippen LogP contribution is 2.28. The van der Waals surface area contributed by atoms with Gasteiger partial charge < -0.3 is 5.32 Å². The first-order chi connectivity index (χ1) is 16.2. The van der Waals surface area contributed by atoms with Gasteiger partial charge in [0.25, 0.3) is 0 Å². The van der Waals surface area contributed by atoms with Crippen molar-refractivity contribution in [3.8, 4) is 0 Å². The highest BCUT2D eigenvalue weighted by molar-refractivity contribution is 7.92. The van der Waals surface area contributed by atoms with Gasteiger partial charge in [0.05, 0.1) is 22.4 Å². The molecule has 0 aliphatic carbocycles. The number of rotatable bonds is 8. The van der Waals surface area contributed by atoms with E-state index in [9.17, 15) is 16.8 Å². The van der Waals surface area contributed by atoms with E-state index in [4.69, 9.17) is 0 Å². The summed E-state index contributed by atoms with van der Waals surface area (Å²) in [6.07, 6.45) is 0. The quantitative estimate of drug-likeness (QED) is 0.514. The van der Waals surface area contributed by atoms with Crippen LogP contribution in [-0.2, 0) is 33.0 Å². The Morgan fingerprint density at radius 2 is 1.47 bits per heavy atom. The van der Waals surface area contributed by atoms with Crippen LogP contribution in [0.1, 0.15) is 22.3 Å². The predicted molar refractivity (Wildman–Crippen MR) is 135 cm³/mol. The lowest BCUT2D eigenvalue weighted by Crippen LogP contribution is -2.51. The van der Waals surface area contributed by atoms with Gasteiger partial charge in [-0.25, -0.2) is 16.8 Å². The van der Waals surface area contributed by atoms with Gasteiger partial charge in [0.1, 0.15) is 0 Å². The molecule has 34 heavy (non-hydrogen) atoms. The van der Waals surface area contributed by atoms with Crippen LogP contribution in [0.2, 0.25) is 0 Å². The highest BCUT2D eigenvalue weighted by Gasteiger charge is 2.45. The Bertz CT molecular complexity index is 1340. The van der Waals surface area contributed by atoms with Crippen molar-refractivity contribution in [3.63, 3.8) is 0 Å². The van der Waals surface area contributed by atoms with Crippen molar-refractivity contribution >= 4 is 19.9 Å². The Balaban J connectivity index is 1.72. The molecule has 4 rings (SSSR count). The highest BCUT2D eigenvalue weighted by atomic mass is 32.2. The van der Waals surface area contributed by atoms with E-state index in [1.807, 2.05) is 74.5 Å². The summed E-state index contributed by atoms with van der Waals surface area (Å²) in [7, 11) is -7.37. The first-order valence-corrected chi connectivity index (χ1v) is 14.5. The molecular formula is C26H30N2O4S2.